The van der Waals surface area contributed by atoms with Crippen LogP contribution in [-0.4, -0.2) is 44.4 Å². The lowest BCUT2D eigenvalue weighted by atomic mass is 10.5. The van der Waals surface area contributed by atoms with Gasteiger partial charge in [-0.15, -0.1) is 0 Å². The molecule has 0 aromatic rings. The fourth-order valence-electron chi connectivity index (χ4n) is 0.712. The fourth-order valence-corrected chi connectivity index (χ4v) is 0.712. The molecule has 0 aliphatic carbocycles. The van der Waals surface area contributed by atoms with Crippen molar-refractivity contribution in [2.24, 2.45) is 0 Å². The number of rotatable bonds is 6. The third-order valence-corrected chi connectivity index (χ3v) is 1.37. The monoisotopic (exact) mass is 193 g/mol. The maximum Gasteiger partial charge on any atom is 0.331 e. The maximum absolute atomic E-state index is 11.9. The van der Waals surface area contributed by atoms with E-state index in [2.05, 4.69) is 4.74 Å². The lowest BCUT2D eigenvalue weighted by Crippen LogP contribution is -2.22. The average Bonchev–Trinajstić information content (AvgIpc) is 2.14. The van der Waals surface area contributed by atoms with Gasteiger partial charge in [-0.1, -0.05) is 0 Å². The van der Waals surface area contributed by atoms with Gasteiger partial charge in [-0.3, -0.25) is 0 Å². The highest BCUT2D eigenvalue weighted by molar-refractivity contribution is 5.81. The molecule has 0 unspecified atom stereocenters. The second kappa shape index (κ2) is 7.52. The van der Waals surface area contributed by atoms with Gasteiger partial charge < -0.3 is 9.64 Å². The van der Waals surface area contributed by atoms with Crippen molar-refractivity contribution in [2.45, 2.75) is 0 Å². The van der Waals surface area contributed by atoms with Crippen molar-refractivity contribution in [1.29, 1.82) is 0 Å². The molecule has 0 aliphatic heterocycles. The number of methoxy groups -OCH3 is 1. The molecule has 0 atom stereocenters. The molecule has 0 spiro atoms. The van der Waals surface area contributed by atoms with E-state index in [1.54, 1.807) is 0 Å². The summed E-state index contributed by atoms with van der Waals surface area (Å²) in [5.41, 5.74) is 0. The highest BCUT2D eigenvalue weighted by atomic mass is 19.1. The second-order valence-corrected chi connectivity index (χ2v) is 2.25. The summed E-state index contributed by atoms with van der Waals surface area (Å²) in [6.07, 6.45) is 2.45. The lowest BCUT2D eigenvalue weighted by molar-refractivity contribution is -0.134. The van der Waals surface area contributed by atoms with Crippen LogP contribution in [0.3, 0.4) is 0 Å². The van der Waals surface area contributed by atoms with E-state index in [1.807, 2.05) is 0 Å². The summed E-state index contributed by atoms with van der Waals surface area (Å²) in [6.45, 7) is -0.994. The molecule has 0 N–H and O–H groups in total. The first-order valence-electron chi connectivity index (χ1n) is 3.86. The van der Waals surface area contributed by atoms with Gasteiger partial charge in [0.05, 0.1) is 7.11 Å². The second-order valence-electron chi connectivity index (χ2n) is 2.25. The number of carbonyl (C=O) groups excluding carboxylic acids is 1. The van der Waals surface area contributed by atoms with E-state index in [-0.39, 0.29) is 13.1 Å². The summed E-state index contributed by atoms with van der Waals surface area (Å²) < 4.78 is 28.0. The van der Waals surface area contributed by atoms with Crippen molar-refractivity contribution in [3.63, 3.8) is 0 Å². The molecule has 0 fully saturated rings. The topological polar surface area (TPSA) is 29.5 Å². The van der Waals surface area contributed by atoms with Crippen LogP contribution in [0.2, 0.25) is 0 Å². The van der Waals surface area contributed by atoms with Gasteiger partial charge in [0.2, 0.25) is 0 Å². The van der Waals surface area contributed by atoms with E-state index < -0.39 is 19.3 Å². The van der Waals surface area contributed by atoms with Crippen LogP contribution >= 0.6 is 0 Å². The zero-order valence-electron chi connectivity index (χ0n) is 7.50. The summed E-state index contributed by atoms with van der Waals surface area (Å²) in [7, 11) is 1.24. The van der Waals surface area contributed by atoms with E-state index in [9.17, 15) is 13.6 Å². The van der Waals surface area contributed by atoms with E-state index in [0.717, 1.165) is 6.08 Å². The van der Waals surface area contributed by atoms with Crippen LogP contribution in [0.1, 0.15) is 0 Å². The van der Waals surface area contributed by atoms with E-state index in [4.69, 9.17) is 0 Å². The highest BCUT2D eigenvalue weighted by Crippen LogP contribution is 1.91. The number of carbonyl (C=O) groups is 1. The van der Waals surface area contributed by atoms with E-state index in [1.165, 1.54) is 18.2 Å². The van der Waals surface area contributed by atoms with Crippen LogP contribution in [0.4, 0.5) is 8.78 Å². The van der Waals surface area contributed by atoms with Gasteiger partial charge in [-0.25, -0.2) is 13.6 Å². The first-order valence-corrected chi connectivity index (χ1v) is 3.86. The Labute approximate surface area is 76.0 Å². The number of hydrogen-bond acceptors (Lipinski definition) is 3. The minimum atomic E-state index is -0.578. The Morgan fingerprint density at radius 3 is 2.31 bits per heavy atom. The van der Waals surface area contributed by atoms with Gasteiger partial charge in [0, 0.05) is 25.4 Å². The Morgan fingerprint density at radius 1 is 1.38 bits per heavy atom. The Balaban J connectivity index is 3.91. The molecule has 0 rings (SSSR count). The van der Waals surface area contributed by atoms with Crippen LogP contribution < -0.4 is 0 Å². The van der Waals surface area contributed by atoms with Crippen LogP contribution in [0.15, 0.2) is 12.3 Å². The van der Waals surface area contributed by atoms with Gasteiger partial charge in [0.1, 0.15) is 13.3 Å². The minimum absolute atomic E-state index is 0.0808. The minimum Gasteiger partial charge on any atom is -0.466 e. The van der Waals surface area contributed by atoms with Crippen molar-refractivity contribution in [3.8, 4) is 0 Å². The van der Waals surface area contributed by atoms with Crippen molar-refractivity contribution in [1.82, 2.24) is 4.90 Å². The molecule has 0 saturated heterocycles. The molecule has 0 bridgehead atoms. The van der Waals surface area contributed by atoms with Crippen LogP contribution in [-0.2, 0) is 9.53 Å². The molecule has 0 aliphatic rings. The van der Waals surface area contributed by atoms with Crippen LogP contribution in [0.5, 0.6) is 0 Å². The van der Waals surface area contributed by atoms with E-state index in [0.29, 0.717) is 0 Å². The molecule has 0 aromatic heterocycles. The van der Waals surface area contributed by atoms with Gasteiger partial charge in [-0.2, -0.15) is 0 Å². The Hall–Kier alpha value is -1.13. The maximum atomic E-state index is 11.9. The van der Waals surface area contributed by atoms with Gasteiger partial charge in [0.25, 0.3) is 0 Å². The number of nitrogens with zero attached hydrogens (tertiary/aromatic N) is 1. The third-order valence-electron chi connectivity index (χ3n) is 1.37. The standard InChI is InChI=1S/C8H13F2NO2/c1-13-8(12)2-5-11(6-3-9)7-4-10/h2,5H,3-4,6-7H2,1H3/b5-2-. The number of halogens is 2. The molecule has 0 heterocycles. The summed E-state index contributed by atoms with van der Waals surface area (Å²) in [5.74, 6) is -0.539. The number of ether oxygens (including phenoxy) is 1. The van der Waals surface area contributed by atoms with Crippen LogP contribution in [0.25, 0.3) is 0 Å². The SMILES string of the molecule is COC(=O)/C=C\N(CCF)CCF. The quantitative estimate of drug-likeness (QED) is 0.464. The summed E-state index contributed by atoms with van der Waals surface area (Å²) in [6, 6.07) is 0. The van der Waals surface area contributed by atoms with Gasteiger partial charge >= 0.3 is 5.97 Å². The third kappa shape index (κ3) is 6.07. The Bertz CT molecular complexity index is 168. The molecule has 0 saturated carbocycles. The van der Waals surface area contributed by atoms with Gasteiger partial charge in [0.15, 0.2) is 0 Å². The highest BCUT2D eigenvalue weighted by Gasteiger charge is 1.99. The number of alkyl halides is 2. The Morgan fingerprint density at radius 2 is 1.92 bits per heavy atom. The molecule has 5 heteroatoms. The Kier molecular flexibility index (Phi) is 6.86. The normalized spacial score (nSPS) is 10.4. The number of esters is 1. The molecule has 13 heavy (non-hydrogen) atoms. The van der Waals surface area contributed by atoms with Gasteiger partial charge in [-0.05, 0) is 0 Å². The van der Waals surface area contributed by atoms with Crippen LogP contribution in [0, 0.1) is 0 Å². The molecule has 0 radical (unpaired) electrons. The fraction of sp³-hybridized carbons (Fsp3) is 0.625. The van der Waals surface area contributed by atoms with E-state index >= 15 is 0 Å². The smallest absolute Gasteiger partial charge is 0.331 e. The molecular formula is C8H13F2NO2. The predicted octanol–water partition coefficient (Wildman–Crippen LogP) is 0.914. The number of hydrogen-bond donors (Lipinski definition) is 0. The molecule has 0 aromatic carbocycles. The lowest BCUT2D eigenvalue weighted by Gasteiger charge is -2.15. The first kappa shape index (κ1) is 11.9. The molecule has 0 amide bonds. The van der Waals surface area contributed by atoms with Crippen molar-refractivity contribution >= 4 is 5.97 Å². The predicted molar refractivity (Wildman–Crippen MR) is 44.7 cm³/mol. The molecule has 3 nitrogen and oxygen atoms in total. The average molecular weight is 193 g/mol. The summed E-state index contributed by atoms with van der Waals surface area (Å²) in [4.78, 5) is 12.0. The van der Waals surface area contributed by atoms with Crippen molar-refractivity contribution in [2.75, 3.05) is 33.5 Å². The summed E-state index contributed by atoms with van der Waals surface area (Å²) in [5, 5.41) is 0. The first-order chi connectivity index (χ1) is 6.24. The largest absolute Gasteiger partial charge is 0.466 e. The molecule has 76 valence electrons. The molecular weight excluding hydrogens is 180 g/mol. The zero-order valence-corrected chi connectivity index (χ0v) is 7.50. The summed E-state index contributed by atoms with van der Waals surface area (Å²) >= 11 is 0. The zero-order chi connectivity index (χ0) is 10.1. The van der Waals surface area contributed by atoms with Crippen molar-refractivity contribution < 1.29 is 18.3 Å². The van der Waals surface area contributed by atoms with Crippen molar-refractivity contribution in [3.05, 3.63) is 12.3 Å².